The molecule has 0 aliphatic carbocycles. The van der Waals surface area contributed by atoms with Crippen molar-refractivity contribution in [1.82, 2.24) is 4.73 Å². The van der Waals surface area contributed by atoms with E-state index in [0.717, 1.165) is 4.73 Å². The number of benzene rings is 1. The van der Waals surface area contributed by atoms with Crippen molar-refractivity contribution >= 4 is 11.7 Å². The summed E-state index contributed by atoms with van der Waals surface area (Å²) in [5, 5.41) is 12.1. The van der Waals surface area contributed by atoms with Gasteiger partial charge in [0.15, 0.2) is 0 Å². The first-order valence-corrected chi connectivity index (χ1v) is 5.02. The molecule has 2 N–H and O–H groups in total. The van der Waals surface area contributed by atoms with E-state index in [1.54, 1.807) is 12.1 Å². The zero-order valence-electron chi connectivity index (χ0n) is 8.95. The van der Waals surface area contributed by atoms with Crippen LogP contribution >= 0.6 is 0 Å². The van der Waals surface area contributed by atoms with Gasteiger partial charge in [0, 0.05) is 18.1 Å². The number of anilines is 1. The highest BCUT2D eigenvalue weighted by molar-refractivity contribution is 5.89. The number of hydrogen-bond donors (Lipinski definition) is 2. The van der Waals surface area contributed by atoms with Gasteiger partial charge in [-0.05, 0) is 24.3 Å². The largest absolute Gasteiger partial charge is 0.429 e. The second kappa shape index (κ2) is 4.98. The van der Waals surface area contributed by atoms with Crippen LogP contribution in [-0.2, 0) is 0 Å². The standard InChI is InChI=1S/C12H11N3O2/c16-12(13-10-4-2-1-3-5-10)14-11-6-8-15(17)9-7-11/h1-9,17H,(H,13,16). The molecule has 0 saturated heterocycles. The number of para-hydroxylation sites is 1. The lowest BCUT2D eigenvalue weighted by molar-refractivity contribution is 0.184. The first-order valence-electron chi connectivity index (χ1n) is 5.02. The molecule has 0 aliphatic rings. The van der Waals surface area contributed by atoms with Gasteiger partial charge in [-0.1, -0.05) is 18.2 Å². The highest BCUT2D eigenvalue weighted by Gasteiger charge is 1.97. The summed E-state index contributed by atoms with van der Waals surface area (Å²) in [5.41, 5.74) is 0.689. The van der Waals surface area contributed by atoms with Crippen molar-refractivity contribution in [2.24, 2.45) is 4.99 Å². The van der Waals surface area contributed by atoms with Crippen LogP contribution in [0.2, 0.25) is 0 Å². The molecule has 0 unspecified atom stereocenters. The normalized spacial score (nSPS) is 9.65. The molecule has 1 aromatic heterocycles. The van der Waals surface area contributed by atoms with Crippen molar-refractivity contribution < 1.29 is 10.0 Å². The van der Waals surface area contributed by atoms with Crippen LogP contribution in [0.15, 0.2) is 59.9 Å². The van der Waals surface area contributed by atoms with Gasteiger partial charge in [-0.15, -0.1) is 0 Å². The van der Waals surface area contributed by atoms with Crippen LogP contribution in [0, 0.1) is 0 Å². The summed E-state index contributed by atoms with van der Waals surface area (Å²) in [6.45, 7) is 0. The van der Waals surface area contributed by atoms with Crippen LogP contribution in [0.25, 0.3) is 0 Å². The van der Waals surface area contributed by atoms with Crippen LogP contribution in [0.1, 0.15) is 0 Å². The molecule has 0 fully saturated rings. The Morgan fingerprint density at radius 2 is 1.76 bits per heavy atom. The van der Waals surface area contributed by atoms with E-state index < -0.39 is 6.03 Å². The molecular formula is C12H11N3O2. The monoisotopic (exact) mass is 229 g/mol. The third kappa shape index (κ3) is 3.20. The van der Waals surface area contributed by atoms with Crippen LogP contribution in [0.5, 0.6) is 0 Å². The fourth-order valence-electron chi connectivity index (χ4n) is 1.28. The smallest absolute Gasteiger partial charge is 0.345 e. The van der Waals surface area contributed by atoms with Crippen LogP contribution in [-0.4, -0.2) is 16.0 Å². The summed E-state index contributed by atoms with van der Waals surface area (Å²) in [6, 6.07) is 11.7. The number of pyridine rings is 1. The molecular weight excluding hydrogens is 218 g/mol. The van der Waals surface area contributed by atoms with Crippen LogP contribution in [0.4, 0.5) is 10.5 Å². The Morgan fingerprint density at radius 3 is 2.41 bits per heavy atom. The van der Waals surface area contributed by atoms with Crippen molar-refractivity contribution in [2.45, 2.75) is 0 Å². The molecule has 2 rings (SSSR count). The topological polar surface area (TPSA) is 66.6 Å². The van der Waals surface area contributed by atoms with Gasteiger partial charge >= 0.3 is 6.03 Å². The fourth-order valence-corrected chi connectivity index (χ4v) is 1.28. The third-order valence-corrected chi connectivity index (χ3v) is 2.05. The maximum atomic E-state index is 11.5. The summed E-state index contributed by atoms with van der Waals surface area (Å²) in [7, 11) is 0. The average Bonchev–Trinajstić information content (AvgIpc) is 2.33. The maximum absolute atomic E-state index is 11.5. The Hall–Kier alpha value is -2.56. The number of aromatic nitrogens is 1. The zero-order chi connectivity index (χ0) is 12.1. The number of carbonyl (C=O) groups is 1. The van der Waals surface area contributed by atoms with Crippen molar-refractivity contribution in [3.05, 3.63) is 60.2 Å². The SMILES string of the molecule is O=C(N=c1ccn(O)cc1)Nc1ccccc1. The van der Waals surface area contributed by atoms with E-state index in [4.69, 9.17) is 5.21 Å². The molecule has 0 aliphatic heterocycles. The van der Waals surface area contributed by atoms with Gasteiger partial charge in [0.2, 0.25) is 0 Å². The number of carbonyl (C=O) groups excluding carboxylic acids is 1. The Morgan fingerprint density at radius 1 is 1.12 bits per heavy atom. The second-order valence-electron chi connectivity index (χ2n) is 3.34. The minimum Gasteiger partial charge on any atom is -0.429 e. The van der Waals surface area contributed by atoms with Gasteiger partial charge in [-0.3, -0.25) is 0 Å². The summed E-state index contributed by atoms with van der Waals surface area (Å²) < 4.78 is 0.883. The quantitative estimate of drug-likeness (QED) is 0.733. The molecule has 2 amide bonds. The third-order valence-electron chi connectivity index (χ3n) is 2.05. The minimum absolute atomic E-state index is 0.452. The molecule has 0 spiro atoms. The maximum Gasteiger partial charge on any atom is 0.345 e. The van der Waals surface area contributed by atoms with Gasteiger partial charge in [0.1, 0.15) is 0 Å². The van der Waals surface area contributed by atoms with Crippen molar-refractivity contribution in [3.63, 3.8) is 0 Å². The van der Waals surface area contributed by atoms with Gasteiger partial charge in [-0.2, -0.15) is 4.99 Å². The van der Waals surface area contributed by atoms with Crippen molar-refractivity contribution in [1.29, 1.82) is 0 Å². The number of amides is 2. The lowest BCUT2D eigenvalue weighted by Crippen LogP contribution is -2.12. The lowest BCUT2D eigenvalue weighted by atomic mass is 10.3. The number of rotatable bonds is 1. The van der Waals surface area contributed by atoms with E-state index >= 15 is 0 Å². The molecule has 5 heteroatoms. The number of urea groups is 1. The van der Waals surface area contributed by atoms with E-state index in [0.29, 0.717) is 11.0 Å². The summed E-state index contributed by atoms with van der Waals surface area (Å²) in [6.07, 6.45) is 2.79. The molecule has 0 bridgehead atoms. The Balaban J connectivity index is 2.12. The predicted molar refractivity (Wildman–Crippen MR) is 62.6 cm³/mol. The first-order chi connectivity index (χ1) is 8.24. The minimum atomic E-state index is -0.452. The van der Waals surface area contributed by atoms with E-state index in [2.05, 4.69) is 10.3 Å². The predicted octanol–water partition coefficient (Wildman–Crippen LogP) is 1.86. The Labute approximate surface area is 97.6 Å². The molecule has 1 heterocycles. The summed E-state index contributed by atoms with van der Waals surface area (Å²) >= 11 is 0. The van der Waals surface area contributed by atoms with E-state index in [9.17, 15) is 4.79 Å². The number of nitrogens with zero attached hydrogens (tertiary/aromatic N) is 2. The molecule has 17 heavy (non-hydrogen) atoms. The molecule has 1 aromatic carbocycles. The summed E-state index contributed by atoms with van der Waals surface area (Å²) in [5.74, 6) is 0. The molecule has 86 valence electrons. The van der Waals surface area contributed by atoms with Crippen LogP contribution in [0.3, 0.4) is 0 Å². The second-order valence-corrected chi connectivity index (χ2v) is 3.34. The molecule has 5 nitrogen and oxygen atoms in total. The van der Waals surface area contributed by atoms with Crippen LogP contribution < -0.4 is 10.7 Å². The van der Waals surface area contributed by atoms with E-state index in [1.807, 2.05) is 18.2 Å². The van der Waals surface area contributed by atoms with E-state index in [-0.39, 0.29) is 0 Å². The van der Waals surface area contributed by atoms with Gasteiger partial charge in [0.25, 0.3) is 0 Å². The zero-order valence-corrected chi connectivity index (χ0v) is 8.95. The van der Waals surface area contributed by atoms with Crippen molar-refractivity contribution in [2.75, 3.05) is 5.32 Å². The number of hydrogen-bond acceptors (Lipinski definition) is 2. The molecule has 2 aromatic rings. The molecule has 0 saturated carbocycles. The number of nitrogens with one attached hydrogen (secondary N) is 1. The highest BCUT2D eigenvalue weighted by atomic mass is 16.5. The van der Waals surface area contributed by atoms with Gasteiger partial charge < -0.3 is 10.5 Å². The van der Waals surface area contributed by atoms with Gasteiger partial charge in [0.05, 0.1) is 5.36 Å². The van der Waals surface area contributed by atoms with Gasteiger partial charge in [-0.25, -0.2) is 9.52 Å². The Bertz CT molecular complexity index is 555. The molecule has 0 atom stereocenters. The fraction of sp³-hybridized carbons (Fsp3) is 0. The highest BCUT2D eigenvalue weighted by Crippen LogP contribution is 2.04. The molecule has 0 radical (unpaired) electrons. The lowest BCUT2D eigenvalue weighted by Gasteiger charge is -1.99. The Kier molecular flexibility index (Phi) is 3.20. The van der Waals surface area contributed by atoms with E-state index in [1.165, 1.54) is 24.5 Å². The first kappa shape index (κ1) is 10.9. The summed E-state index contributed by atoms with van der Waals surface area (Å²) in [4.78, 5) is 15.3. The van der Waals surface area contributed by atoms with Crippen molar-refractivity contribution in [3.8, 4) is 0 Å². The average molecular weight is 229 g/mol.